The highest BCUT2D eigenvalue weighted by molar-refractivity contribution is 7.47. The topological polar surface area (TPSA) is 125 Å². The van der Waals surface area contributed by atoms with Crippen LogP contribution in [0.4, 0.5) is 0 Å². The second-order valence-electron chi connectivity index (χ2n) is 15.3. The molecular weight excluding hydrogens is 687 g/mol. The molecule has 0 saturated heterocycles. The first kappa shape index (κ1) is 51.2. The van der Waals surface area contributed by atoms with Gasteiger partial charge in [0.05, 0.1) is 46.0 Å². The molecule has 0 aliphatic carbocycles. The number of hydrogen-bond donors (Lipinski definition) is 4. The molecule has 1 unspecified atom stereocenters. The fraction of sp³-hybridized carbons (Fsp3) is 0.744. The van der Waals surface area contributed by atoms with Crippen molar-refractivity contribution in [3.05, 3.63) is 60.8 Å². The fourth-order valence-corrected chi connectivity index (χ4v) is 6.14. The van der Waals surface area contributed by atoms with Crippen molar-refractivity contribution < 1.29 is 38.0 Å². The van der Waals surface area contributed by atoms with Gasteiger partial charge in [0.15, 0.2) is 0 Å². The first-order valence-corrected chi connectivity index (χ1v) is 22.2. The number of carbonyl (C=O) groups is 1. The number of amides is 1. The van der Waals surface area contributed by atoms with E-state index >= 15 is 0 Å². The van der Waals surface area contributed by atoms with Crippen LogP contribution in [0, 0.1) is 0 Å². The summed E-state index contributed by atoms with van der Waals surface area (Å²) in [5, 5.41) is 23.0. The molecule has 53 heavy (non-hydrogen) atoms. The van der Waals surface area contributed by atoms with E-state index in [2.05, 4.69) is 60.8 Å². The van der Waals surface area contributed by atoms with Gasteiger partial charge in [0, 0.05) is 6.42 Å². The SMILES string of the molecule is CCCCCCCCCCCCC/C=C/[C@@H](O)[C@H](COP(=O)(O)OCC[N+](C)(C)C)NC(=O)CCC/C=C\C/C=C\C/C=C\C/C=C\CCC[C@H](C)O. The molecule has 0 radical (unpaired) electrons. The number of allylic oxidation sites excluding steroid dienone is 9. The minimum atomic E-state index is -4.36. The zero-order valence-electron chi connectivity index (χ0n) is 34.3. The third kappa shape index (κ3) is 38.2. The standard InChI is InChI=1S/C43H79N2O7P/c1-6-7-8-9-10-11-12-16-20-23-26-29-32-35-42(47)41(39-52-53(49,50)51-38-37-45(3,4)5)44-43(48)36-33-30-27-24-21-18-15-13-14-17-19-22-25-28-31-34-40(2)46/h14-15,17-18,22,24-25,27,32,35,40-42,46-47H,6-13,16,19-21,23,26,28-31,33-34,36-39H2,1-5H3,(H-,44,48,49,50)/p+1/b17-14-,18-15-,25-22-,27-24-,35-32+/t40-,41-,42+/m0/s1. The van der Waals surface area contributed by atoms with Gasteiger partial charge in [0.25, 0.3) is 0 Å². The van der Waals surface area contributed by atoms with Crippen molar-refractivity contribution in [3.63, 3.8) is 0 Å². The number of likely N-dealkylation sites (N-methyl/N-ethyl adjacent to an activating group) is 1. The molecule has 4 N–H and O–H groups in total. The molecule has 308 valence electrons. The molecule has 0 bridgehead atoms. The summed E-state index contributed by atoms with van der Waals surface area (Å²) in [4.78, 5) is 23.0. The van der Waals surface area contributed by atoms with Crippen LogP contribution < -0.4 is 5.32 Å². The van der Waals surface area contributed by atoms with E-state index in [4.69, 9.17) is 9.05 Å². The molecule has 10 heteroatoms. The van der Waals surface area contributed by atoms with Crippen LogP contribution >= 0.6 is 7.82 Å². The normalized spacial score (nSPS) is 15.7. The van der Waals surface area contributed by atoms with Crippen molar-refractivity contribution in [2.45, 2.75) is 167 Å². The van der Waals surface area contributed by atoms with E-state index in [1.807, 2.05) is 34.1 Å². The summed E-state index contributed by atoms with van der Waals surface area (Å²) in [7, 11) is 1.51. The summed E-state index contributed by atoms with van der Waals surface area (Å²) < 4.78 is 23.4. The number of phosphoric ester groups is 1. The number of carbonyl (C=O) groups excluding carboxylic acids is 1. The van der Waals surface area contributed by atoms with Gasteiger partial charge in [-0.1, -0.05) is 132 Å². The van der Waals surface area contributed by atoms with Crippen molar-refractivity contribution in [3.8, 4) is 0 Å². The molecule has 0 aromatic heterocycles. The average molecular weight is 768 g/mol. The average Bonchev–Trinajstić information content (AvgIpc) is 3.09. The highest BCUT2D eigenvalue weighted by Crippen LogP contribution is 2.43. The Kier molecular flexibility index (Phi) is 33.4. The van der Waals surface area contributed by atoms with Crippen molar-refractivity contribution in [2.24, 2.45) is 0 Å². The number of nitrogens with zero attached hydrogens (tertiary/aromatic N) is 1. The maximum absolute atomic E-state index is 12.8. The lowest BCUT2D eigenvalue weighted by molar-refractivity contribution is -0.870. The second-order valence-corrected chi connectivity index (χ2v) is 16.7. The Morgan fingerprint density at radius 2 is 1.19 bits per heavy atom. The Bertz CT molecular complexity index is 1070. The van der Waals surface area contributed by atoms with E-state index in [1.54, 1.807) is 6.08 Å². The molecule has 0 fully saturated rings. The molecule has 0 aliphatic rings. The van der Waals surface area contributed by atoms with Gasteiger partial charge in [0.2, 0.25) is 5.91 Å². The molecule has 0 aliphatic heterocycles. The maximum atomic E-state index is 12.8. The van der Waals surface area contributed by atoms with Crippen molar-refractivity contribution in [1.82, 2.24) is 5.32 Å². The number of hydrogen-bond acceptors (Lipinski definition) is 6. The van der Waals surface area contributed by atoms with Crippen LogP contribution in [-0.2, 0) is 18.4 Å². The van der Waals surface area contributed by atoms with E-state index in [-0.39, 0.29) is 31.6 Å². The molecule has 0 rings (SSSR count). The first-order chi connectivity index (χ1) is 25.4. The van der Waals surface area contributed by atoms with Gasteiger partial charge >= 0.3 is 7.82 Å². The Morgan fingerprint density at radius 3 is 1.72 bits per heavy atom. The van der Waals surface area contributed by atoms with E-state index in [0.717, 1.165) is 64.2 Å². The van der Waals surface area contributed by atoms with Crippen LogP contribution in [0.15, 0.2) is 60.8 Å². The van der Waals surface area contributed by atoms with Crippen LogP contribution in [0.5, 0.6) is 0 Å². The fourth-order valence-electron chi connectivity index (χ4n) is 5.40. The number of phosphoric acid groups is 1. The van der Waals surface area contributed by atoms with Crippen LogP contribution in [0.25, 0.3) is 0 Å². The molecule has 0 spiro atoms. The van der Waals surface area contributed by atoms with Crippen molar-refractivity contribution in [2.75, 3.05) is 40.9 Å². The largest absolute Gasteiger partial charge is 0.472 e. The number of nitrogens with one attached hydrogen (secondary N) is 1. The summed E-state index contributed by atoms with van der Waals surface area (Å²) in [6, 6.07) is -0.884. The highest BCUT2D eigenvalue weighted by atomic mass is 31.2. The summed E-state index contributed by atoms with van der Waals surface area (Å²) in [6.45, 7) is 4.28. The van der Waals surface area contributed by atoms with Gasteiger partial charge in [0.1, 0.15) is 13.2 Å². The predicted octanol–water partition coefficient (Wildman–Crippen LogP) is 10.0. The van der Waals surface area contributed by atoms with Gasteiger partial charge < -0.3 is 24.9 Å². The Morgan fingerprint density at radius 1 is 0.698 bits per heavy atom. The molecule has 0 saturated carbocycles. The summed E-state index contributed by atoms with van der Waals surface area (Å²) in [5.41, 5.74) is 0. The number of rotatable bonds is 36. The third-order valence-corrected chi connectivity index (χ3v) is 9.73. The minimum absolute atomic E-state index is 0.0429. The Labute approximate surface area is 324 Å². The zero-order chi connectivity index (χ0) is 39.5. The second kappa shape index (κ2) is 34.6. The highest BCUT2D eigenvalue weighted by Gasteiger charge is 2.27. The molecule has 0 aromatic rings. The third-order valence-electron chi connectivity index (χ3n) is 8.75. The quantitative estimate of drug-likeness (QED) is 0.0217. The van der Waals surface area contributed by atoms with E-state index in [0.29, 0.717) is 17.4 Å². The van der Waals surface area contributed by atoms with E-state index in [9.17, 15) is 24.5 Å². The van der Waals surface area contributed by atoms with Crippen LogP contribution in [0.1, 0.15) is 149 Å². The Balaban J connectivity index is 4.60. The summed E-state index contributed by atoms with van der Waals surface area (Å²) in [6.07, 6.45) is 41.3. The lowest BCUT2D eigenvalue weighted by Gasteiger charge is -2.25. The van der Waals surface area contributed by atoms with Crippen LogP contribution in [-0.4, -0.2) is 84.6 Å². The Hall–Kier alpha value is -1.84. The minimum Gasteiger partial charge on any atom is -0.393 e. The summed E-state index contributed by atoms with van der Waals surface area (Å²) in [5.74, 6) is -0.246. The number of quaternary nitrogens is 1. The molecular formula is C43H80N2O7P+. The van der Waals surface area contributed by atoms with Gasteiger partial charge in [-0.15, -0.1) is 0 Å². The molecule has 0 aromatic carbocycles. The molecule has 4 atom stereocenters. The summed E-state index contributed by atoms with van der Waals surface area (Å²) >= 11 is 0. The molecule has 0 heterocycles. The van der Waals surface area contributed by atoms with Gasteiger partial charge in [-0.05, 0) is 71.1 Å². The maximum Gasteiger partial charge on any atom is 0.472 e. The van der Waals surface area contributed by atoms with Gasteiger partial charge in [-0.25, -0.2) is 4.57 Å². The van der Waals surface area contributed by atoms with Crippen molar-refractivity contribution in [1.29, 1.82) is 0 Å². The first-order valence-electron chi connectivity index (χ1n) is 20.7. The predicted molar refractivity (Wildman–Crippen MR) is 223 cm³/mol. The monoisotopic (exact) mass is 768 g/mol. The molecule has 1 amide bonds. The van der Waals surface area contributed by atoms with E-state index in [1.165, 1.54) is 57.8 Å². The van der Waals surface area contributed by atoms with Crippen LogP contribution in [0.2, 0.25) is 0 Å². The lowest BCUT2D eigenvalue weighted by atomic mass is 10.0. The number of aliphatic hydroxyl groups excluding tert-OH is 2. The van der Waals surface area contributed by atoms with Crippen molar-refractivity contribution >= 4 is 13.7 Å². The zero-order valence-corrected chi connectivity index (χ0v) is 35.2. The smallest absolute Gasteiger partial charge is 0.393 e. The number of aliphatic hydroxyl groups is 2. The van der Waals surface area contributed by atoms with Gasteiger partial charge in [-0.3, -0.25) is 13.8 Å². The van der Waals surface area contributed by atoms with Crippen LogP contribution in [0.3, 0.4) is 0 Å². The van der Waals surface area contributed by atoms with Gasteiger partial charge in [-0.2, -0.15) is 0 Å². The lowest BCUT2D eigenvalue weighted by Crippen LogP contribution is -2.45. The number of unbranched alkanes of at least 4 members (excludes halogenated alkanes) is 13. The molecule has 9 nitrogen and oxygen atoms in total. The van der Waals surface area contributed by atoms with E-state index < -0.39 is 20.0 Å².